The van der Waals surface area contributed by atoms with Gasteiger partial charge in [0.1, 0.15) is 0 Å². The molecule has 0 aliphatic carbocycles. The molecular weight excluding hydrogens is 601 g/mol. The van der Waals surface area contributed by atoms with Crippen molar-refractivity contribution in [2.45, 2.75) is 13.8 Å². The van der Waals surface area contributed by atoms with Crippen LogP contribution in [0.2, 0.25) is 0 Å². The van der Waals surface area contributed by atoms with Crippen LogP contribution in [0.1, 0.15) is 11.1 Å². The SMILES string of the molecule is Cc1ccc(-c2ccc(-c3ccc(-c4ccc(C)cc4)c(-c4cccc(-c5ccccc5)c4)c3)cc2-c2cccc(-c3ccccc3)c2)cc1. The first-order valence-electron chi connectivity index (χ1n) is 17.3. The van der Waals surface area contributed by atoms with Gasteiger partial charge in [-0.3, -0.25) is 0 Å². The largest absolute Gasteiger partial charge is 0.0622 e. The number of aryl methyl sites for hydroxylation is 2. The van der Waals surface area contributed by atoms with Gasteiger partial charge in [-0.1, -0.05) is 181 Å². The van der Waals surface area contributed by atoms with E-state index in [-0.39, 0.29) is 0 Å². The van der Waals surface area contributed by atoms with Gasteiger partial charge in [-0.15, -0.1) is 0 Å². The van der Waals surface area contributed by atoms with Gasteiger partial charge in [0, 0.05) is 0 Å². The number of rotatable bonds is 7. The zero-order valence-corrected chi connectivity index (χ0v) is 28.5. The van der Waals surface area contributed by atoms with Gasteiger partial charge >= 0.3 is 0 Å². The van der Waals surface area contributed by atoms with E-state index in [0.717, 1.165) is 0 Å². The fourth-order valence-corrected chi connectivity index (χ4v) is 6.89. The van der Waals surface area contributed by atoms with Gasteiger partial charge in [-0.05, 0) is 116 Å². The van der Waals surface area contributed by atoms with Crippen LogP contribution in [-0.2, 0) is 0 Å². The second-order valence-electron chi connectivity index (χ2n) is 13.1. The van der Waals surface area contributed by atoms with Crippen molar-refractivity contribution in [1.82, 2.24) is 0 Å². The lowest BCUT2D eigenvalue weighted by Gasteiger charge is -2.17. The highest BCUT2D eigenvalue weighted by Crippen LogP contribution is 2.41. The first-order chi connectivity index (χ1) is 24.6. The highest BCUT2D eigenvalue weighted by Gasteiger charge is 2.15. The van der Waals surface area contributed by atoms with Crippen molar-refractivity contribution in [1.29, 1.82) is 0 Å². The van der Waals surface area contributed by atoms with Crippen molar-refractivity contribution in [3.63, 3.8) is 0 Å². The molecule has 0 heterocycles. The van der Waals surface area contributed by atoms with E-state index in [1.165, 1.54) is 89.0 Å². The Morgan fingerprint density at radius 2 is 0.520 bits per heavy atom. The molecule has 0 aromatic heterocycles. The second kappa shape index (κ2) is 13.7. The van der Waals surface area contributed by atoms with Crippen molar-refractivity contribution < 1.29 is 0 Å². The van der Waals surface area contributed by atoms with E-state index in [1.54, 1.807) is 0 Å². The highest BCUT2D eigenvalue weighted by atomic mass is 14.2. The fourth-order valence-electron chi connectivity index (χ4n) is 6.89. The number of benzene rings is 8. The fraction of sp³-hybridized carbons (Fsp3) is 0.0400. The zero-order valence-electron chi connectivity index (χ0n) is 28.5. The summed E-state index contributed by atoms with van der Waals surface area (Å²) in [5.74, 6) is 0. The van der Waals surface area contributed by atoms with Crippen molar-refractivity contribution in [3.8, 4) is 77.9 Å². The van der Waals surface area contributed by atoms with E-state index in [4.69, 9.17) is 0 Å². The number of hydrogen-bond donors (Lipinski definition) is 0. The summed E-state index contributed by atoms with van der Waals surface area (Å²) in [6, 6.07) is 70.9. The van der Waals surface area contributed by atoms with Gasteiger partial charge < -0.3 is 0 Å². The molecule has 8 rings (SSSR count). The quantitative estimate of drug-likeness (QED) is 0.163. The normalized spacial score (nSPS) is 11.0. The van der Waals surface area contributed by atoms with Gasteiger partial charge in [0.05, 0.1) is 0 Å². The van der Waals surface area contributed by atoms with Crippen LogP contribution < -0.4 is 0 Å². The predicted octanol–water partition coefficient (Wildman–Crippen LogP) is 14.0. The van der Waals surface area contributed by atoms with E-state index in [1.807, 2.05) is 0 Å². The molecule has 0 radical (unpaired) electrons. The topological polar surface area (TPSA) is 0 Å². The lowest BCUT2D eigenvalue weighted by Crippen LogP contribution is -1.91. The summed E-state index contributed by atoms with van der Waals surface area (Å²) in [7, 11) is 0. The molecular formula is C50H38. The molecule has 0 bridgehead atoms. The van der Waals surface area contributed by atoms with Crippen LogP contribution >= 0.6 is 0 Å². The first-order valence-corrected chi connectivity index (χ1v) is 17.3. The Morgan fingerprint density at radius 1 is 0.200 bits per heavy atom. The molecule has 0 fully saturated rings. The number of hydrogen-bond acceptors (Lipinski definition) is 0. The van der Waals surface area contributed by atoms with Gasteiger partial charge in [0.25, 0.3) is 0 Å². The maximum Gasteiger partial charge on any atom is -0.00990 e. The third kappa shape index (κ3) is 6.44. The van der Waals surface area contributed by atoms with Crippen LogP contribution in [-0.4, -0.2) is 0 Å². The Balaban J connectivity index is 1.30. The maximum absolute atomic E-state index is 2.38. The third-order valence-electron chi connectivity index (χ3n) is 9.66. The molecule has 0 heteroatoms. The zero-order chi connectivity index (χ0) is 33.9. The molecule has 8 aromatic carbocycles. The molecule has 0 spiro atoms. The summed E-state index contributed by atoms with van der Waals surface area (Å²) in [4.78, 5) is 0. The minimum atomic E-state index is 1.19. The van der Waals surface area contributed by atoms with Crippen LogP contribution in [0, 0.1) is 13.8 Å². The molecule has 0 nitrogen and oxygen atoms in total. The summed E-state index contributed by atoms with van der Waals surface area (Å²) in [6.07, 6.45) is 0. The molecule has 0 unspecified atom stereocenters. The van der Waals surface area contributed by atoms with E-state index in [2.05, 4.69) is 208 Å². The summed E-state index contributed by atoms with van der Waals surface area (Å²) in [5, 5.41) is 0. The Morgan fingerprint density at radius 3 is 0.920 bits per heavy atom. The Kier molecular flexibility index (Phi) is 8.51. The molecule has 0 N–H and O–H groups in total. The molecule has 238 valence electrons. The standard InChI is InChI=1S/C50H38/c1-35-19-23-39(24-20-35)47-29-27-43(33-49(47)45-17-9-15-41(31-45)37-11-5-3-6-12-37)44-28-30-48(40-25-21-36(2)22-26-40)50(34-44)46-18-10-16-42(32-46)38-13-7-4-8-14-38/h3-34H,1-2H3. The predicted molar refractivity (Wildman–Crippen MR) is 214 cm³/mol. The van der Waals surface area contributed by atoms with Crippen LogP contribution in [0.4, 0.5) is 0 Å². The summed E-state index contributed by atoms with van der Waals surface area (Å²) in [6.45, 7) is 4.29. The molecule has 0 atom stereocenters. The van der Waals surface area contributed by atoms with Crippen molar-refractivity contribution in [2.24, 2.45) is 0 Å². The third-order valence-corrected chi connectivity index (χ3v) is 9.66. The maximum atomic E-state index is 2.38. The van der Waals surface area contributed by atoms with Crippen LogP contribution in [0.5, 0.6) is 0 Å². The Labute approximate surface area is 296 Å². The molecule has 8 aromatic rings. The van der Waals surface area contributed by atoms with E-state index in [9.17, 15) is 0 Å². The average Bonchev–Trinajstić information content (AvgIpc) is 3.19. The van der Waals surface area contributed by atoms with Crippen molar-refractivity contribution in [3.05, 3.63) is 205 Å². The smallest absolute Gasteiger partial charge is 0.00990 e. The van der Waals surface area contributed by atoms with Gasteiger partial charge in [0.2, 0.25) is 0 Å². The molecule has 0 aliphatic rings. The highest BCUT2D eigenvalue weighted by molar-refractivity contribution is 5.92. The van der Waals surface area contributed by atoms with Crippen LogP contribution in [0.25, 0.3) is 77.9 Å². The summed E-state index contributed by atoms with van der Waals surface area (Å²) >= 11 is 0. The van der Waals surface area contributed by atoms with Crippen molar-refractivity contribution in [2.75, 3.05) is 0 Å². The van der Waals surface area contributed by atoms with E-state index < -0.39 is 0 Å². The van der Waals surface area contributed by atoms with Gasteiger partial charge in [-0.2, -0.15) is 0 Å². The van der Waals surface area contributed by atoms with Crippen molar-refractivity contribution >= 4 is 0 Å². The van der Waals surface area contributed by atoms with Gasteiger partial charge in [0.15, 0.2) is 0 Å². The molecule has 0 saturated heterocycles. The Hall–Kier alpha value is -6.24. The summed E-state index contributed by atoms with van der Waals surface area (Å²) in [5.41, 5.74) is 19.5. The Bertz CT molecular complexity index is 2220. The second-order valence-corrected chi connectivity index (χ2v) is 13.1. The van der Waals surface area contributed by atoms with Gasteiger partial charge in [-0.25, -0.2) is 0 Å². The van der Waals surface area contributed by atoms with E-state index in [0.29, 0.717) is 0 Å². The van der Waals surface area contributed by atoms with Crippen LogP contribution in [0.3, 0.4) is 0 Å². The minimum absolute atomic E-state index is 1.19. The monoisotopic (exact) mass is 638 g/mol. The summed E-state index contributed by atoms with van der Waals surface area (Å²) < 4.78 is 0. The van der Waals surface area contributed by atoms with Crippen LogP contribution in [0.15, 0.2) is 194 Å². The average molecular weight is 639 g/mol. The molecule has 0 aliphatic heterocycles. The lowest BCUT2D eigenvalue weighted by atomic mass is 9.87. The molecule has 50 heavy (non-hydrogen) atoms. The molecule has 0 amide bonds. The van der Waals surface area contributed by atoms with E-state index >= 15 is 0 Å². The molecule has 0 saturated carbocycles. The minimum Gasteiger partial charge on any atom is -0.0622 e. The lowest BCUT2D eigenvalue weighted by molar-refractivity contribution is 1.46. The first kappa shape index (κ1) is 31.1.